The Labute approximate surface area is 122 Å². The molecule has 2 heterocycles. The number of benzene rings is 1. The Morgan fingerprint density at radius 2 is 2.16 bits per heavy atom. The molecule has 19 heavy (non-hydrogen) atoms. The van der Waals surface area contributed by atoms with Gasteiger partial charge in [0.1, 0.15) is 0 Å². The molecule has 0 amide bonds. The molecule has 96 valence electrons. The van der Waals surface area contributed by atoms with E-state index in [1.165, 1.54) is 0 Å². The van der Waals surface area contributed by atoms with Crippen molar-refractivity contribution in [2.45, 2.75) is 6.92 Å². The van der Waals surface area contributed by atoms with Crippen molar-refractivity contribution in [3.05, 3.63) is 39.7 Å². The third-order valence-electron chi connectivity index (χ3n) is 2.71. The molecule has 4 nitrogen and oxygen atoms in total. The van der Waals surface area contributed by atoms with Crippen LogP contribution in [0.3, 0.4) is 0 Å². The highest BCUT2D eigenvalue weighted by Gasteiger charge is 2.14. The lowest BCUT2D eigenvalue weighted by Gasteiger charge is -2.01. The maximum Gasteiger partial charge on any atom is 0.258 e. The predicted octanol–water partition coefficient (Wildman–Crippen LogP) is 4.12. The number of hydrogen-bond acceptors (Lipinski definition) is 5. The highest BCUT2D eigenvalue weighted by Crippen LogP contribution is 2.30. The van der Waals surface area contributed by atoms with Gasteiger partial charge in [0.25, 0.3) is 5.89 Å². The maximum atomic E-state index is 5.79. The van der Waals surface area contributed by atoms with Gasteiger partial charge in [-0.2, -0.15) is 4.98 Å². The second-order valence-corrected chi connectivity index (χ2v) is 5.95. The van der Waals surface area contributed by atoms with E-state index in [9.17, 15) is 0 Å². The second kappa shape index (κ2) is 4.79. The van der Waals surface area contributed by atoms with Crippen molar-refractivity contribution in [3.63, 3.8) is 0 Å². The molecule has 3 aromatic rings. The zero-order valence-electron chi connectivity index (χ0n) is 10.1. The molecule has 0 fully saturated rings. The number of anilines is 1. The number of rotatable bonds is 2. The first-order chi connectivity index (χ1) is 9.13. The number of nitrogens with two attached hydrogens (primary N) is 1. The summed E-state index contributed by atoms with van der Waals surface area (Å²) in [4.78, 5) is 5.38. The first-order valence-electron chi connectivity index (χ1n) is 5.58. The Morgan fingerprint density at radius 3 is 2.89 bits per heavy atom. The summed E-state index contributed by atoms with van der Waals surface area (Å²) in [6, 6.07) is 7.60. The molecule has 3 rings (SSSR count). The van der Waals surface area contributed by atoms with Crippen LogP contribution in [0.2, 0.25) is 0 Å². The molecular formula is C13H10BrN3OS. The molecule has 1 aromatic carbocycles. The molecule has 0 aliphatic rings. The van der Waals surface area contributed by atoms with Gasteiger partial charge in [0.05, 0.1) is 4.88 Å². The zero-order valence-corrected chi connectivity index (χ0v) is 12.5. The van der Waals surface area contributed by atoms with Crippen LogP contribution < -0.4 is 5.73 Å². The molecule has 0 spiro atoms. The summed E-state index contributed by atoms with van der Waals surface area (Å²) in [6.07, 6.45) is 0. The van der Waals surface area contributed by atoms with Gasteiger partial charge in [0.15, 0.2) is 0 Å². The summed E-state index contributed by atoms with van der Waals surface area (Å²) in [5.41, 5.74) is 8.39. The van der Waals surface area contributed by atoms with E-state index in [1.54, 1.807) is 11.3 Å². The molecular weight excluding hydrogens is 326 g/mol. The van der Waals surface area contributed by atoms with Crippen molar-refractivity contribution in [2.75, 3.05) is 5.73 Å². The fourth-order valence-corrected chi connectivity index (χ4v) is 3.09. The molecule has 0 radical (unpaired) electrons. The van der Waals surface area contributed by atoms with Crippen LogP contribution in [0.5, 0.6) is 0 Å². The van der Waals surface area contributed by atoms with Crippen LogP contribution in [0.1, 0.15) is 5.56 Å². The number of thiophene rings is 1. The third-order valence-corrected chi connectivity index (χ3v) is 4.39. The maximum absolute atomic E-state index is 5.79. The summed E-state index contributed by atoms with van der Waals surface area (Å²) in [6.45, 7) is 1.99. The van der Waals surface area contributed by atoms with E-state index in [2.05, 4.69) is 26.1 Å². The average Bonchev–Trinajstić information content (AvgIpc) is 3.00. The van der Waals surface area contributed by atoms with Gasteiger partial charge in [-0.05, 0) is 46.6 Å². The smallest absolute Gasteiger partial charge is 0.258 e. The molecule has 0 bridgehead atoms. The van der Waals surface area contributed by atoms with Crippen molar-refractivity contribution in [1.29, 1.82) is 0 Å². The van der Waals surface area contributed by atoms with Crippen LogP contribution in [0.4, 0.5) is 5.69 Å². The molecule has 0 aliphatic heterocycles. The van der Waals surface area contributed by atoms with Gasteiger partial charge in [0.2, 0.25) is 5.82 Å². The van der Waals surface area contributed by atoms with Crippen molar-refractivity contribution in [3.8, 4) is 22.2 Å². The number of aryl methyl sites for hydroxylation is 1. The van der Waals surface area contributed by atoms with Crippen molar-refractivity contribution >= 4 is 33.0 Å². The van der Waals surface area contributed by atoms with E-state index in [0.29, 0.717) is 17.4 Å². The van der Waals surface area contributed by atoms with E-state index in [-0.39, 0.29) is 0 Å². The molecule has 0 unspecified atom stereocenters. The molecule has 2 N–H and O–H groups in total. The van der Waals surface area contributed by atoms with Gasteiger partial charge in [-0.15, -0.1) is 11.3 Å². The van der Waals surface area contributed by atoms with E-state index in [4.69, 9.17) is 10.3 Å². The minimum Gasteiger partial charge on any atom is -0.399 e. The largest absolute Gasteiger partial charge is 0.399 e. The van der Waals surface area contributed by atoms with Gasteiger partial charge < -0.3 is 10.3 Å². The number of halogens is 1. The van der Waals surface area contributed by atoms with Gasteiger partial charge in [-0.3, -0.25) is 0 Å². The van der Waals surface area contributed by atoms with E-state index in [1.807, 2.05) is 36.6 Å². The van der Waals surface area contributed by atoms with E-state index in [0.717, 1.165) is 20.5 Å². The topological polar surface area (TPSA) is 64.9 Å². The Balaban J connectivity index is 2.03. The van der Waals surface area contributed by atoms with Crippen molar-refractivity contribution in [2.24, 2.45) is 0 Å². The van der Waals surface area contributed by atoms with Crippen LogP contribution in [0.25, 0.3) is 22.2 Å². The highest BCUT2D eigenvalue weighted by molar-refractivity contribution is 9.10. The lowest BCUT2D eigenvalue weighted by molar-refractivity contribution is 0.432. The minimum absolute atomic E-state index is 0.490. The van der Waals surface area contributed by atoms with Crippen LogP contribution in [-0.2, 0) is 0 Å². The Hall–Kier alpha value is -1.66. The zero-order chi connectivity index (χ0) is 13.4. The summed E-state index contributed by atoms with van der Waals surface area (Å²) >= 11 is 4.97. The number of aromatic nitrogens is 2. The Kier molecular flexibility index (Phi) is 3.12. The summed E-state index contributed by atoms with van der Waals surface area (Å²) < 4.78 is 6.34. The van der Waals surface area contributed by atoms with E-state index < -0.39 is 0 Å². The van der Waals surface area contributed by atoms with Crippen LogP contribution in [0.15, 0.2) is 38.6 Å². The first-order valence-corrected chi connectivity index (χ1v) is 7.25. The monoisotopic (exact) mass is 335 g/mol. The predicted molar refractivity (Wildman–Crippen MR) is 79.9 cm³/mol. The van der Waals surface area contributed by atoms with Gasteiger partial charge >= 0.3 is 0 Å². The molecule has 0 saturated carbocycles. The number of nitrogens with zero attached hydrogens (tertiary/aromatic N) is 2. The lowest BCUT2D eigenvalue weighted by Crippen LogP contribution is -1.89. The fraction of sp³-hybridized carbons (Fsp3) is 0.0769. The molecule has 6 heteroatoms. The van der Waals surface area contributed by atoms with Crippen LogP contribution in [-0.4, -0.2) is 10.1 Å². The highest BCUT2D eigenvalue weighted by atomic mass is 79.9. The van der Waals surface area contributed by atoms with Crippen molar-refractivity contribution in [1.82, 2.24) is 10.1 Å². The van der Waals surface area contributed by atoms with Crippen LogP contribution >= 0.6 is 27.3 Å². The summed E-state index contributed by atoms with van der Waals surface area (Å²) in [5, 5.41) is 5.99. The van der Waals surface area contributed by atoms with Gasteiger partial charge in [0, 0.05) is 21.1 Å². The second-order valence-electron chi connectivity index (χ2n) is 4.13. The number of nitrogen functional groups attached to an aromatic ring is 1. The van der Waals surface area contributed by atoms with Gasteiger partial charge in [-0.1, -0.05) is 11.2 Å². The molecule has 0 saturated heterocycles. The average molecular weight is 336 g/mol. The SMILES string of the molecule is Cc1ccc(N)cc1-c1nc(-c2cc(Br)cs2)no1. The Morgan fingerprint density at radius 1 is 1.32 bits per heavy atom. The first kappa shape index (κ1) is 12.4. The number of hydrogen-bond donors (Lipinski definition) is 1. The quantitative estimate of drug-likeness (QED) is 0.715. The normalized spacial score (nSPS) is 10.8. The van der Waals surface area contributed by atoms with E-state index >= 15 is 0 Å². The lowest BCUT2D eigenvalue weighted by atomic mass is 10.1. The van der Waals surface area contributed by atoms with Gasteiger partial charge in [-0.25, -0.2) is 0 Å². The molecule has 2 aromatic heterocycles. The summed E-state index contributed by atoms with van der Waals surface area (Å²) in [5.74, 6) is 1.08. The minimum atomic E-state index is 0.490. The fourth-order valence-electron chi connectivity index (χ4n) is 1.73. The Bertz CT molecular complexity index is 735. The van der Waals surface area contributed by atoms with Crippen LogP contribution in [0, 0.1) is 6.92 Å². The molecule has 0 aliphatic carbocycles. The van der Waals surface area contributed by atoms with Crippen molar-refractivity contribution < 1.29 is 4.52 Å². The third kappa shape index (κ3) is 2.41. The summed E-state index contributed by atoms with van der Waals surface area (Å²) in [7, 11) is 0. The standard InChI is InChI=1S/C13H10BrN3OS/c1-7-2-3-9(15)5-10(7)13-16-12(17-18-13)11-4-8(14)6-19-11/h2-6H,15H2,1H3. The molecule has 0 atom stereocenters.